The van der Waals surface area contributed by atoms with Crippen LogP contribution in [0.2, 0.25) is 0 Å². The molecule has 0 aliphatic heterocycles. The Labute approximate surface area is 148 Å². The van der Waals surface area contributed by atoms with E-state index in [-0.39, 0.29) is 5.91 Å². The monoisotopic (exact) mass is 340 g/mol. The second-order valence-corrected chi connectivity index (χ2v) is 6.12. The summed E-state index contributed by atoms with van der Waals surface area (Å²) in [5.41, 5.74) is 0.114. The van der Waals surface area contributed by atoms with Crippen molar-refractivity contribution in [3.05, 3.63) is 60.2 Å². The fourth-order valence-corrected chi connectivity index (χ4v) is 2.34. The first-order chi connectivity index (χ1) is 11.9. The van der Waals surface area contributed by atoms with Gasteiger partial charge in [0.1, 0.15) is 0 Å². The van der Waals surface area contributed by atoms with Gasteiger partial charge in [0, 0.05) is 17.8 Å². The zero-order valence-corrected chi connectivity index (χ0v) is 14.6. The van der Waals surface area contributed by atoms with Crippen molar-refractivity contribution in [1.82, 2.24) is 0 Å². The van der Waals surface area contributed by atoms with Gasteiger partial charge in [-0.3, -0.25) is 9.59 Å². The molecule has 25 heavy (non-hydrogen) atoms. The Morgan fingerprint density at radius 1 is 0.960 bits per heavy atom. The summed E-state index contributed by atoms with van der Waals surface area (Å²) in [6.07, 6.45) is 2.32. The summed E-state index contributed by atoms with van der Waals surface area (Å²) >= 11 is 0. The van der Waals surface area contributed by atoms with Gasteiger partial charge in [0.15, 0.2) is 5.60 Å². The molecule has 0 fully saturated rings. The molecule has 5 nitrogen and oxygen atoms in total. The van der Waals surface area contributed by atoms with Gasteiger partial charge in [0.05, 0.1) is 0 Å². The number of hydrogen-bond donors (Lipinski definition) is 3. The van der Waals surface area contributed by atoms with Crippen molar-refractivity contribution in [2.24, 2.45) is 0 Å². The van der Waals surface area contributed by atoms with Crippen LogP contribution in [-0.4, -0.2) is 16.9 Å². The van der Waals surface area contributed by atoms with Gasteiger partial charge in [0.25, 0.3) is 5.91 Å². The third kappa shape index (κ3) is 5.16. The quantitative estimate of drug-likeness (QED) is 0.720. The van der Waals surface area contributed by atoms with Gasteiger partial charge in [-0.05, 0) is 43.2 Å². The van der Waals surface area contributed by atoms with E-state index in [1.54, 1.807) is 48.5 Å². The van der Waals surface area contributed by atoms with Crippen LogP contribution in [0.15, 0.2) is 54.6 Å². The van der Waals surface area contributed by atoms with Gasteiger partial charge >= 0.3 is 0 Å². The first-order valence-electron chi connectivity index (χ1n) is 8.42. The average Bonchev–Trinajstić information content (AvgIpc) is 2.62. The van der Waals surface area contributed by atoms with E-state index in [1.807, 2.05) is 13.0 Å². The highest BCUT2D eigenvalue weighted by Gasteiger charge is 2.32. The Balaban J connectivity index is 1.99. The Morgan fingerprint density at radius 3 is 2.08 bits per heavy atom. The predicted molar refractivity (Wildman–Crippen MR) is 99.2 cm³/mol. The number of amides is 2. The van der Waals surface area contributed by atoms with Crippen LogP contribution in [0.25, 0.3) is 0 Å². The summed E-state index contributed by atoms with van der Waals surface area (Å²) in [4.78, 5) is 24.1. The third-order valence-electron chi connectivity index (χ3n) is 3.96. The summed E-state index contributed by atoms with van der Waals surface area (Å²) < 4.78 is 0. The first-order valence-corrected chi connectivity index (χ1v) is 8.42. The van der Waals surface area contributed by atoms with Crippen molar-refractivity contribution < 1.29 is 14.7 Å². The van der Waals surface area contributed by atoms with Crippen molar-refractivity contribution in [3.8, 4) is 0 Å². The molecule has 0 spiro atoms. The second kappa shape index (κ2) is 8.44. The maximum absolute atomic E-state index is 12.4. The number of rotatable bonds is 7. The lowest BCUT2D eigenvalue weighted by molar-refractivity contribution is -0.133. The van der Waals surface area contributed by atoms with Crippen molar-refractivity contribution in [3.63, 3.8) is 0 Å². The molecule has 0 aliphatic carbocycles. The molecule has 0 aromatic heterocycles. The lowest BCUT2D eigenvalue weighted by atomic mass is 9.95. The molecule has 0 unspecified atom stereocenters. The zero-order valence-electron chi connectivity index (χ0n) is 14.6. The Hall–Kier alpha value is -2.66. The van der Waals surface area contributed by atoms with Crippen LogP contribution >= 0.6 is 0 Å². The molecule has 0 heterocycles. The number of carbonyl (C=O) groups is 2. The SMILES string of the molecule is CCCCC(=O)Nc1ccc(NC(=O)[C@](C)(O)c2ccccc2)cc1. The predicted octanol–water partition coefficient (Wildman–Crippen LogP) is 3.66. The van der Waals surface area contributed by atoms with Gasteiger partial charge in [-0.25, -0.2) is 0 Å². The zero-order chi connectivity index (χ0) is 18.3. The molecule has 0 aliphatic rings. The van der Waals surface area contributed by atoms with Crippen LogP contribution in [0, 0.1) is 0 Å². The standard InChI is InChI=1S/C20H24N2O3/c1-3-4-10-18(23)21-16-11-13-17(14-12-16)22-19(24)20(2,25)15-8-6-5-7-9-15/h5-9,11-14,25H,3-4,10H2,1-2H3,(H,21,23)(H,22,24)/t20-/m1/s1. The summed E-state index contributed by atoms with van der Waals surface area (Å²) in [5.74, 6) is -0.538. The molecular weight excluding hydrogens is 316 g/mol. The lowest BCUT2D eigenvalue weighted by Gasteiger charge is -2.22. The third-order valence-corrected chi connectivity index (χ3v) is 3.96. The van der Waals surface area contributed by atoms with Crippen molar-refractivity contribution in [2.45, 2.75) is 38.7 Å². The van der Waals surface area contributed by atoms with E-state index in [0.717, 1.165) is 12.8 Å². The minimum Gasteiger partial charge on any atom is -0.376 e. The Kier molecular flexibility index (Phi) is 6.31. The fourth-order valence-electron chi connectivity index (χ4n) is 2.34. The Bertz CT molecular complexity index is 709. The van der Waals surface area contributed by atoms with Crippen LogP contribution in [0.3, 0.4) is 0 Å². The number of anilines is 2. The summed E-state index contributed by atoms with van der Waals surface area (Å²) in [7, 11) is 0. The summed E-state index contributed by atoms with van der Waals surface area (Å²) in [6, 6.07) is 15.6. The normalized spacial score (nSPS) is 12.9. The van der Waals surface area contributed by atoms with E-state index in [2.05, 4.69) is 10.6 Å². The Morgan fingerprint density at radius 2 is 1.52 bits per heavy atom. The summed E-state index contributed by atoms with van der Waals surface area (Å²) in [5, 5.41) is 16.0. The lowest BCUT2D eigenvalue weighted by Crippen LogP contribution is -2.37. The van der Waals surface area contributed by atoms with Crippen molar-refractivity contribution in [1.29, 1.82) is 0 Å². The molecular formula is C20H24N2O3. The van der Waals surface area contributed by atoms with Crippen LogP contribution in [0.5, 0.6) is 0 Å². The molecule has 0 radical (unpaired) electrons. The first kappa shape index (κ1) is 18.7. The van der Waals surface area contributed by atoms with Gasteiger partial charge in [-0.2, -0.15) is 0 Å². The van der Waals surface area contributed by atoms with Crippen LogP contribution in [0.4, 0.5) is 11.4 Å². The molecule has 1 atom stereocenters. The molecule has 0 saturated carbocycles. The largest absolute Gasteiger partial charge is 0.376 e. The number of hydrogen-bond acceptors (Lipinski definition) is 3. The second-order valence-electron chi connectivity index (χ2n) is 6.12. The van der Waals surface area contributed by atoms with Gasteiger partial charge in [-0.1, -0.05) is 43.7 Å². The van der Waals surface area contributed by atoms with E-state index in [9.17, 15) is 14.7 Å². The number of nitrogens with one attached hydrogen (secondary N) is 2. The highest BCUT2D eigenvalue weighted by molar-refractivity contribution is 5.98. The van der Waals surface area contributed by atoms with E-state index in [0.29, 0.717) is 23.4 Å². The smallest absolute Gasteiger partial charge is 0.260 e. The maximum atomic E-state index is 12.4. The average molecular weight is 340 g/mol. The number of carbonyl (C=O) groups excluding carboxylic acids is 2. The van der Waals surface area contributed by atoms with Crippen LogP contribution in [0.1, 0.15) is 38.7 Å². The van der Waals surface area contributed by atoms with E-state index in [4.69, 9.17) is 0 Å². The number of unbranched alkanes of at least 4 members (excludes halogenated alkanes) is 1. The highest BCUT2D eigenvalue weighted by atomic mass is 16.3. The van der Waals surface area contributed by atoms with Gasteiger partial charge < -0.3 is 15.7 Å². The topological polar surface area (TPSA) is 78.4 Å². The minimum atomic E-state index is -1.63. The molecule has 2 rings (SSSR count). The summed E-state index contributed by atoms with van der Waals surface area (Å²) in [6.45, 7) is 3.50. The number of aliphatic hydroxyl groups is 1. The molecule has 2 aromatic carbocycles. The maximum Gasteiger partial charge on any atom is 0.260 e. The number of benzene rings is 2. The van der Waals surface area contributed by atoms with Gasteiger partial charge in [-0.15, -0.1) is 0 Å². The molecule has 0 saturated heterocycles. The van der Waals surface area contributed by atoms with Crippen molar-refractivity contribution >= 4 is 23.2 Å². The molecule has 0 bridgehead atoms. The van der Waals surface area contributed by atoms with Crippen LogP contribution in [-0.2, 0) is 15.2 Å². The van der Waals surface area contributed by atoms with E-state index >= 15 is 0 Å². The molecule has 3 N–H and O–H groups in total. The molecule has 2 amide bonds. The minimum absolute atomic E-state index is 0.0225. The van der Waals surface area contributed by atoms with Gasteiger partial charge in [0.2, 0.25) is 5.91 Å². The van der Waals surface area contributed by atoms with Crippen LogP contribution < -0.4 is 10.6 Å². The van der Waals surface area contributed by atoms with E-state index < -0.39 is 11.5 Å². The van der Waals surface area contributed by atoms with E-state index in [1.165, 1.54) is 6.92 Å². The molecule has 132 valence electrons. The highest BCUT2D eigenvalue weighted by Crippen LogP contribution is 2.23. The molecule has 5 heteroatoms. The van der Waals surface area contributed by atoms with Crippen molar-refractivity contribution in [2.75, 3.05) is 10.6 Å². The fraction of sp³-hybridized carbons (Fsp3) is 0.300. The molecule has 2 aromatic rings.